The van der Waals surface area contributed by atoms with Crippen molar-refractivity contribution in [1.82, 2.24) is 15.5 Å². The lowest BCUT2D eigenvalue weighted by atomic mass is 10.1. The summed E-state index contributed by atoms with van der Waals surface area (Å²) >= 11 is 1.47. The highest BCUT2D eigenvalue weighted by Gasteiger charge is 2.22. The number of nitrogens with zero attached hydrogens (tertiary/aromatic N) is 2. The van der Waals surface area contributed by atoms with E-state index in [2.05, 4.69) is 20.5 Å². The third-order valence-corrected chi connectivity index (χ3v) is 4.05. The molecule has 3 rings (SSSR count). The van der Waals surface area contributed by atoms with E-state index < -0.39 is 0 Å². The first-order chi connectivity index (χ1) is 10.2. The topological polar surface area (TPSA) is 70.1 Å². The van der Waals surface area contributed by atoms with Gasteiger partial charge in [-0.05, 0) is 17.7 Å². The number of carbonyl (C=O) groups excluding carboxylic acids is 1. The molecule has 108 valence electrons. The number of hydrogen-bond acceptors (Lipinski definition) is 4. The number of carbonyl (C=O) groups is 1. The number of benzene rings is 1. The minimum Gasteiger partial charge on any atom is -0.305 e. The molecule has 5 nitrogen and oxygen atoms in total. The molecule has 1 aromatic heterocycles. The van der Waals surface area contributed by atoms with Crippen molar-refractivity contribution in [2.45, 2.75) is 12.5 Å². The van der Waals surface area contributed by atoms with Gasteiger partial charge in [-0.3, -0.25) is 14.9 Å². The molecule has 0 saturated carbocycles. The van der Waals surface area contributed by atoms with Gasteiger partial charge in [-0.25, -0.2) is 4.39 Å². The molecule has 1 aliphatic heterocycles. The van der Waals surface area contributed by atoms with Crippen LogP contribution >= 0.6 is 11.8 Å². The van der Waals surface area contributed by atoms with Crippen molar-refractivity contribution in [2.24, 2.45) is 4.99 Å². The number of aliphatic imine (C=N–C) groups is 1. The summed E-state index contributed by atoms with van der Waals surface area (Å²) in [5.41, 5.74) is 1.30. The Morgan fingerprint density at radius 1 is 1.43 bits per heavy atom. The summed E-state index contributed by atoms with van der Waals surface area (Å²) in [5, 5.41) is 10.0. The summed E-state index contributed by atoms with van der Waals surface area (Å²) in [4.78, 5) is 16.3. The number of hydrogen-bond donors (Lipinski definition) is 2. The smallest absolute Gasteiger partial charge is 0.230 e. The van der Waals surface area contributed by atoms with Crippen LogP contribution in [0.4, 0.5) is 4.39 Å². The Kier molecular flexibility index (Phi) is 4.01. The van der Waals surface area contributed by atoms with E-state index in [9.17, 15) is 9.18 Å². The van der Waals surface area contributed by atoms with Gasteiger partial charge in [0.2, 0.25) is 5.91 Å². The zero-order valence-corrected chi connectivity index (χ0v) is 11.9. The average Bonchev–Trinajstić information content (AvgIpc) is 3.12. The zero-order chi connectivity index (χ0) is 14.7. The van der Waals surface area contributed by atoms with Gasteiger partial charge in [-0.1, -0.05) is 30.0 Å². The Bertz CT molecular complexity index is 671. The molecular formula is C14H13FN4OS. The van der Waals surface area contributed by atoms with Crippen LogP contribution in [0.2, 0.25) is 0 Å². The Morgan fingerprint density at radius 2 is 2.29 bits per heavy atom. The van der Waals surface area contributed by atoms with Crippen molar-refractivity contribution in [2.75, 3.05) is 5.75 Å². The first kappa shape index (κ1) is 13.8. The van der Waals surface area contributed by atoms with E-state index in [4.69, 9.17) is 0 Å². The third-order valence-electron chi connectivity index (χ3n) is 3.09. The molecule has 1 atom stereocenters. The van der Waals surface area contributed by atoms with E-state index in [1.165, 1.54) is 17.8 Å². The predicted molar refractivity (Wildman–Crippen MR) is 79.5 cm³/mol. The summed E-state index contributed by atoms with van der Waals surface area (Å²) in [6.45, 7) is 0. The maximum atomic E-state index is 13.5. The molecule has 0 aliphatic carbocycles. The van der Waals surface area contributed by atoms with Crippen LogP contribution in [0.25, 0.3) is 0 Å². The zero-order valence-electron chi connectivity index (χ0n) is 11.0. The van der Waals surface area contributed by atoms with Crippen molar-refractivity contribution >= 4 is 22.8 Å². The minimum atomic E-state index is -0.371. The molecular weight excluding hydrogens is 291 g/mol. The lowest BCUT2D eigenvalue weighted by Gasteiger charge is -2.04. The summed E-state index contributed by atoms with van der Waals surface area (Å²) < 4.78 is 13.5. The highest BCUT2D eigenvalue weighted by Crippen LogP contribution is 2.28. The van der Waals surface area contributed by atoms with Gasteiger partial charge in [0.1, 0.15) is 11.9 Å². The molecule has 0 fully saturated rings. The van der Waals surface area contributed by atoms with Crippen LogP contribution in [0.5, 0.6) is 0 Å². The van der Waals surface area contributed by atoms with Gasteiger partial charge < -0.3 is 5.32 Å². The molecule has 21 heavy (non-hydrogen) atoms. The van der Waals surface area contributed by atoms with Gasteiger partial charge in [0.05, 0.1) is 12.1 Å². The fraction of sp³-hybridized carbons (Fsp3) is 0.214. The number of H-pyrrole nitrogens is 1. The number of rotatable bonds is 3. The Balaban J connectivity index is 1.61. The maximum absolute atomic E-state index is 13.5. The number of amidine groups is 1. The van der Waals surface area contributed by atoms with Crippen LogP contribution in [-0.4, -0.2) is 27.0 Å². The van der Waals surface area contributed by atoms with E-state index in [0.29, 0.717) is 10.7 Å². The van der Waals surface area contributed by atoms with Crippen LogP contribution in [0.3, 0.4) is 0 Å². The third kappa shape index (κ3) is 3.30. The standard InChI is InChI=1S/C14H13FN4OS/c15-10-4-2-1-3-9(10)7-13(20)18-14-17-12(8-21-14)11-5-6-16-19-11/h1-6,12H,7-8H2,(H,16,19)(H,17,18,20). The van der Waals surface area contributed by atoms with Gasteiger partial charge >= 0.3 is 0 Å². The molecule has 1 unspecified atom stereocenters. The average molecular weight is 304 g/mol. The largest absolute Gasteiger partial charge is 0.305 e. The normalized spacial score (nSPS) is 17.6. The van der Waals surface area contributed by atoms with Crippen LogP contribution in [0, 0.1) is 5.82 Å². The molecule has 0 saturated heterocycles. The molecule has 0 spiro atoms. The molecule has 2 aromatic rings. The van der Waals surface area contributed by atoms with Crippen molar-refractivity contribution in [1.29, 1.82) is 0 Å². The highest BCUT2D eigenvalue weighted by atomic mass is 32.2. The van der Waals surface area contributed by atoms with Gasteiger partial charge in [0.25, 0.3) is 0 Å². The summed E-state index contributed by atoms with van der Waals surface area (Å²) in [6, 6.07) is 8.09. The molecule has 7 heteroatoms. The number of aromatic nitrogens is 2. The highest BCUT2D eigenvalue weighted by molar-refractivity contribution is 8.14. The summed E-state index contributed by atoms with van der Waals surface area (Å²) in [6.07, 6.45) is 1.67. The molecule has 1 amide bonds. The van der Waals surface area contributed by atoms with E-state index in [1.54, 1.807) is 24.4 Å². The second kappa shape index (κ2) is 6.09. The van der Waals surface area contributed by atoms with Crippen LogP contribution in [-0.2, 0) is 11.2 Å². The molecule has 1 aliphatic rings. The van der Waals surface area contributed by atoms with Gasteiger partial charge in [0, 0.05) is 11.9 Å². The van der Waals surface area contributed by atoms with Crippen molar-refractivity contribution in [3.63, 3.8) is 0 Å². The minimum absolute atomic E-state index is 0.000970. The first-order valence-corrected chi connectivity index (χ1v) is 7.44. The Hall–Kier alpha value is -2.15. The maximum Gasteiger partial charge on any atom is 0.230 e. The number of halogens is 1. The fourth-order valence-corrected chi connectivity index (χ4v) is 2.99. The number of aromatic amines is 1. The quantitative estimate of drug-likeness (QED) is 0.912. The second-order valence-electron chi connectivity index (χ2n) is 4.59. The number of thioether (sulfide) groups is 1. The fourth-order valence-electron chi connectivity index (χ4n) is 2.03. The van der Waals surface area contributed by atoms with E-state index in [1.807, 2.05) is 6.07 Å². The lowest BCUT2D eigenvalue weighted by Crippen LogP contribution is -2.29. The van der Waals surface area contributed by atoms with Crippen molar-refractivity contribution in [3.05, 3.63) is 53.6 Å². The Morgan fingerprint density at radius 3 is 3.05 bits per heavy atom. The Labute approximate surface area is 125 Å². The van der Waals surface area contributed by atoms with Gasteiger partial charge in [0.15, 0.2) is 5.17 Å². The van der Waals surface area contributed by atoms with Gasteiger partial charge in [-0.2, -0.15) is 5.10 Å². The SMILES string of the molecule is O=C(Cc1ccccc1F)NC1=NC(c2ccn[nH]2)CS1. The predicted octanol–water partition coefficient (Wildman–Crippen LogP) is 2.05. The second-order valence-corrected chi connectivity index (χ2v) is 5.60. The van der Waals surface area contributed by atoms with Crippen molar-refractivity contribution < 1.29 is 9.18 Å². The lowest BCUT2D eigenvalue weighted by molar-refractivity contribution is -0.119. The first-order valence-electron chi connectivity index (χ1n) is 6.45. The summed E-state index contributed by atoms with van der Waals surface area (Å²) in [5.74, 6) is 0.109. The molecule has 0 bridgehead atoms. The van der Waals surface area contributed by atoms with E-state index in [-0.39, 0.29) is 24.2 Å². The van der Waals surface area contributed by atoms with Crippen molar-refractivity contribution in [3.8, 4) is 0 Å². The molecule has 0 radical (unpaired) electrons. The molecule has 2 heterocycles. The van der Waals surface area contributed by atoms with E-state index in [0.717, 1.165) is 11.4 Å². The van der Waals surface area contributed by atoms with E-state index >= 15 is 0 Å². The van der Waals surface area contributed by atoms with Crippen LogP contribution in [0.1, 0.15) is 17.3 Å². The number of amides is 1. The summed E-state index contributed by atoms with van der Waals surface area (Å²) in [7, 11) is 0. The van der Waals surface area contributed by atoms with Crippen LogP contribution < -0.4 is 5.32 Å². The van der Waals surface area contributed by atoms with Crippen LogP contribution in [0.15, 0.2) is 41.5 Å². The monoisotopic (exact) mass is 304 g/mol. The molecule has 2 N–H and O–H groups in total. The molecule has 1 aromatic carbocycles. The van der Waals surface area contributed by atoms with Gasteiger partial charge in [-0.15, -0.1) is 0 Å². The number of nitrogens with one attached hydrogen (secondary N) is 2.